The van der Waals surface area contributed by atoms with Crippen molar-refractivity contribution in [3.05, 3.63) is 0 Å². The first-order chi connectivity index (χ1) is 6.64. The van der Waals surface area contributed by atoms with Crippen molar-refractivity contribution in [2.75, 3.05) is 24.7 Å². The van der Waals surface area contributed by atoms with Crippen LogP contribution in [0.5, 0.6) is 0 Å². The second-order valence-corrected chi connectivity index (χ2v) is 6.71. The molecule has 0 radical (unpaired) electrons. The van der Waals surface area contributed by atoms with E-state index in [4.69, 9.17) is 5.11 Å². The van der Waals surface area contributed by atoms with Crippen LogP contribution < -0.4 is 4.72 Å². The van der Waals surface area contributed by atoms with Crippen molar-refractivity contribution in [3.8, 4) is 0 Å². The minimum absolute atomic E-state index is 0.190. The van der Waals surface area contributed by atoms with Crippen LogP contribution in [-0.2, 0) is 10.0 Å². The molecule has 0 aromatic heterocycles. The molecule has 6 heteroatoms. The van der Waals surface area contributed by atoms with Crippen molar-refractivity contribution < 1.29 is 13.5 Å². The van der Waals surface area contributed by atoms with Crippen molar-refractivity contribution in [2.24, 2.45) is 0 Å². The molecule has 84 valence electrons. The minimum Gasteiger partial charge on any atom is -0.395 e. The SMILES string of the molecule is O=S(=O)(CCO)NCC1CCCCS1. The summed E-state index contributed by atoms with van der Waals surface area (Å²) in [5.41, 5.74) is 0. The van der Waals surface area contributed by atoms with E-state index in [0.29, 0.717) is 11.8 Å². The standard InChI is InChI=1S/C8H17NO3S2/c10-4-6-14(11,12)9-7-8-3-1-2-5-13-8/h8-10H,1-7H2. The summed E-state index contributed by atoms with van der Waals surface area (Å²) in [6.07, 6.45) is 3.52. The number of hydrogen-bond donors (Lipinski definition) is 2. The van der Waals surface area contributed by atoms with Crippen LogP contribution in [0.25, 0.3) is 0 Å². The summed E-state index contributed by atoms with van der Waals surface area (Å²) < 4.78 is 24.9. The number of sulfonamides is 1. The Labute approximate surface area is 89.5 Å². The maximum Gasteiger partial charge on any atom is 0.213 e. The van der Waals surface area contributed by atoms with E-state index < -0.39 is 10.0 Å². The Bertz CT molecular complexity index is 247. The van der Waals surface area contributed by atoms with Gasteiger partial charge in [0.2, 0.25) is 10.0 Å². The molecular formula is C8H17NO3S2. The number of rotatable bonds is 5. The summed E-state index contributed by atoms with van der Waals surface area (Å²) in [4.78, 5) is 0. The van der Waals surface area contributed by atoms with Gasteiger partial charge in [0.05, 0.1) is 12.4 Å². The molecule has 0 saturated carbocycles. The zero-order valence-corrected chi connectivity index (χ0v) is 9.74. The first-order valence-electron chi connectivity index (χ1n) is 4.84. The van der Waals surface area contributed by atoms with Crippen LogP contribution in [0.4, 0.5) is 0 Å². The molecule has 0 amide bonds. The molecule has 0 aromatic carbocycles. The second-order valence-electron chi connectivity index (χ2n) is 3.38. The predicted octanol–water partition coefficient (Wildman–Crippen LogP) is 0.184. The van der Waals surface area contributed by atoms with Gasteiger partial charge in [-0.15, -0.1) is 0 Å². The first kappa shape index (κ1) is 12.3. The predicted molar refractivity (Wildman–Crippen MR) is 59.0 cm³/mol. The van der Waals surface area contributed by atoms with Gasteiger partial charge in [0.25, 0.3) is 0 Å². The molecule has 1 atom stereocenters. The van der Waals surface area contributed by atoms with Crippen LogP contribution in [0, 0.1) is 0 Å². The first-order valence-corrected chi connectivity index (χ1v) is 7.54. The van der Waals surface area contributed by atoms with Gasteiger partial charge in [0.1, 0.15) is 0 Å². The van der Waals surface area contributed by atoms with Crippen molar-refractivity contribution in [2.45, 2.75) is 24.5 Å². The highest BCUT2D eigenvalue weighted by Gasteiger charge is 2.16. The number of aliphatic hydroxyl groups excluding tert-OH is 1. The van der Waals surface area contributed by atoms with Crippen LogP contribution in [0.2, 0.25) is 0 Å². The maximum atomic E-state index is 11.2. The van der Waals surface area contributed by atoms with Gasteiger partial charge >= 0.3 is 0 Å². The van der Waals surface area contributed by atoms with Crippen molar-refractivity contribution in [3.63, 3.8) is 0 Å². The molecule has 0 aromatic rings. The van der Waals surface area contributed by atoms with Gasteiger partial charge < -0.3 is 5.11 Å². The van der Waals surface area contributed by atoms with Gasteiger partial charge in [-0.1, -0.05) is 6.42 Å². The molecule has 0 spiro atoms. The molecular weight excluding hydrogens is 222 g/mol. The molecule has 14 heavy (non-hydrogen) atoms. The Morgan fingerprint density at radius 3 is 2.79 bits per heavy atom. The van der Waals surface area contributed by atoms with Gasteiger partial charge in [-0.3, -0.25) is 0 Å². The van der Waals surface area contributed by atoms with Crippen LogP contribution in [0.15, 0.2) is 0 Å². The fourth-order valence-corrected chi connectivity index (χ4v) is 3.56. The van der Waals surface area contributed by atoms with Crippen molar-refractivity contribution >= 4 is 21.8 Å². The molecule has 1 saturated heterocycles. The lowest BCUT2D eigenvalue weighted by molar-refractivity contribution is 0.319. The van der Waals surface area contributed by atoms with E-state index in [2.05, 4.69) is 4.72 Å². The van der Waals surface area contributed by atoms with Gasteiger partial charge in [0, 0.05) is 11.8 Å². The maximum absolute atomic E-state index is 11.2. The molecule has 0 aliphatic carbocycles. The topological polar surface area (TPSA) is 66.4 Å². The lowest BCUT2D eigenvalue weighted by atomic mass is 10.2. The van der Waals surface area contributed by atoms with Crippen LogP contribution in [0.3, 0.4) is 0 Å². The highest BCUT2D eigenvalue weighted by molar-refractivity contribution is 8.00. The molecule has 1 aliphatic rings. The number of hydrogen-bond acceptors (Lipinski definition) is 4. The molecule has 1 rings (SSSR count). The van der Waals surface area contributed by atoms with E-state index in [1.807, 2.05) is 11.8 Å². The molecule has 1 unspecified atom stereocenters. The quantitative estimate of drug-likeness (QED) is 0.718. The highest BCUT2D eigenvalue weighted by atomic mass is 32.2. The zero-order chi connectivity index (χ0) is 10.4. The third kappa shape index (κ3) is 4.63. The molecule has 1 aliphatic heterocycles. The summed E-state index contributed by atoms with van der Waals surface area (Å²) in [7, 11) is -3.24. The van der Waals surface area contributed by atoms with Gasteiger partial charge in [-0.25, -0.2) is 13.1 Å². The highest BCUT2D eigenvalue weighted by Crippen LogP contribution is 2.24. The Morgan fingerprint density at radius 2 is 2.21 bits per heavy atom. The zero-order valence-electron chi connectivity index (χ0n) is 8.11. The average Bonchev–Trinajstić information content (AvgIpc) is 2.17. The number of nitrogens with one attached hydrogen (secondary N) is 1. The second kappa shape index (κ2) is 5.95. The van der Waals surface area contributed by atoms with Crippen LogP contribution >= 0.6 is 11.8 Å². The van der Waals surface area contributed by atoms with Crippen LogP contribution in [-0.4, -0.2) is 43.4 Å². The minimum atomic E-state index is -3.24. The van der Waals surface area contributed by atoms with E-state index in [0.717, 1.165) is 12.2 Å². The molecule has 1 heterocycles. The van der Waals surface area contributed by atoms with Gasteiger partial charge in [-0.2, -0.15) is 11.8 Å². The van der Waals surface area contributed by atoms with Gasteiger partial charge in [0.15, 0.2) is 0 Å². The van der Waals surface area contributed by atoms with E-state index in [9.17, 15) is 8.42 Å². The van der Waals surface area contributed by atoms with E-state index in [1.165, 1.54) is 12.8 Å². The third-order valence-corrected chi connectivity index (χ3v) is 4.89. The van der Waals surface area contributed by atoms with Gasteiger partial charge in [-0.05, 0) is 18.6 Å². The summed E-state index contributed by atoms with van der Waals surface area (Å²) in [5.74, 6) is 0.941. The van der Waals surface area contributed by atoms with E-state index in [1.54, 1.807) is 0 Å². The fraction of sp³-hybridized carbons (Fsp3) is 1.00. The molecule has 1 fully saturated rings. The molecule has 2 N–H and O–H groups in total. The fourth-order valence-electron chi connectivity index (χ4n) is 1.38. The van der Waals surface area contributed by atoms with E-state index >= 15 is 0 Å². The lowest BCUT2D eigenvalue weighted by Crippen LogP contribution is -2.34. The Kier molecular flexibility index (Phi) is 5.22. The number of aliphatic hydroxyl groups is 1. The number of thioether (sulfide) groups is 1. The smallest absolute Gasteiger partial charge is 0.213 e. The van der Waals surface area contributed by atoms with Crippen LogP contribution in [0.1, 0.15) is 19.3 Å². The average molecular weight is 239 g/mol. The third-order valence-electron chi connectivity index (χ3n) is 2.16. The summed E-state index contributed by atoms with van der Waals surface area (Å²) >= 11 is 1.83. The summed E-state index contributed by atoms with van der Waals surface area (Å²) in [6, 6.07) is 0. The monoisotopic (exact) mass is 239 g/mol. The lowest BCUT2D eigenvalue weighted by Gasteiger charge is -2.21. The normalized spacial score (nSPS) is 23.6. The summed E-state index contributed by atoms with van der Waals surface area (Å²) in [5, 5.41) is 8.93. The Morgan fingerprint density at radius 1 is 1.43 bits per heavy atom. The van der Waals surface area contributed by atoms with Crippen molar-refractivity contribution in [1.29, 1.82) is 0 Å². The molecule has 0 bridgehead atoms. The summed E-state index contributed by atoms with van der Waals surface area (Å²) in [6.45, 7) is 0.195. The Balaban J connectivity index is 2.24. The van der Waals surface area contributed by atoms with Crippen molar-refractivity contribution in [1.82, 2.24) is 4.72 Å². The largest absolute Gasteiger partial charge is 0.395 e. The van der Waals surface area contributed by atoms with E-state index in [-0.39, 0.29) is 12.4 Å². The Hall–Kier alpha value is 0.220. The molecule has 4 nitrogen and oxygen atoms in total.